The third kappa shape index (κ3) is 6.24. The summed E-state index contributed by atoms with van der Waals surface area (Å²) in [4.78, 5) is 26.9. The third-order valence-corrected chi connectivity index (χ3v) is 7.92. The van der Waals surface area contributed by atoms with Crippen LogP contribution in [0.5, 0.6) is 5.75 Å². The summed E-state index contributed by atoms with van der Waals surface area (Å²) in [7, 11) is 0. The van der Waals surface area contributed by atoms with Crippen LogP contribution in [0, 0.1) is 0 Å². The molecule has 0 bridgehead atoms. The number of carbonyl (C=O) groups is 1. The summed E-state index contributed by atoms with van der Waals surface area (Å²) < 4.78 is 13.7. The highest BCUT2D eigenvalue weighted by molar-refractivity contribution is 7.14. The molecule has 0 radical (unpaired) electrons. The van der Waals surface area contributed by atoms with Gasteiger partial charge in [0.2, 0.25) is 5.95 Å². The van der Waals surface area contributed by atoms with Gasteiger partial charge in [0.15, 0.2) is 0 Å². The van der Waals surface area contributed by atoms with Crippen molar-refractivity contribution in [3.63, 3.8) is 0 Å². The lowest BCUT2D eigenvalue weighted by Gasteiger charge is -2.13. The first kappa shape index (κ1) is 27.6. The lowest BCUT2D eigenvalue weighted by atomic mass is 10.1. The lowest BCUT2D eigenvalue weighted by Crippen LogP contribution is -2.18. The van der Waals surface area contributed by atoms with E-state index < -0.39 is 0 Å². The number of anilines is 4. The first-order chi connectivity index (χ1) is 21.7. The van der Waals surface area contributed by atoms with Crippen molar-refractivity contribution in [1.82, 2.24) is 19.4 Å². The van der Waals surface area contributed by atoms with Gasteiger partial charge >= 0.3 is 6.03 Å². The van der Waals surface area contributed by atoms with Crippen molar-refractivity contribution in [3.8, 4) is 28.4 Å². The monoisotopic (exact) mass is 603 g/mol. The van der Waals surface area contributed by atoms with E-state index in [1.165, 1.54) is 11.3 Å². The number of urea groups is 1. The van der Waals surface area contributed by atoms with Crippen LogP contribution < -0.4 is 20.7 Å². The molecule has 1 aliphatic rings. The van der Waals surface area contributed by atoms with Crippen LogP contribution in [0.2, 0.25) is 0 Å². The number of imidazole rings is 1. The van der Waals surface area contributed by atoms with Gasteiger partial charge in [-0.1, -0.05) is 24.3 Å². The number of hydrogen-bond acceptors (Lipinski definition) is 8. The number of fused-ring (bicyclic) bond motifs is 1. The summed E-state index contributed by atoms with van der Waals surface area (Å²) in [6, 6.07) is 26.5. The summed E-state index contributed by atoms with van der Waals surface area (Å²) in [5, 5.41) is 11.8. The summed E-state index contributed by atoms with van der Waals surface area (Å²) in [5.74, 6) is 1.19. The zero-order valence-corrected chi connectivity index (χ0v) is 24.5. The molecule has 5 heterocycles. The zero-order chi connectivity index (χ0) is 29.7. The topological polar surface area (TPSA) is 115 Å². The van der Waals surface area contributed by atoms with Crippen LogP contribution in [-0.4, -0.2) is 44.7 Å². The van der Waals surface area contributed by atoms with Crippen LogP contribution in [0.15, 0.2) is 103 Å². The normalized spacial score (nSPS) is 14.4. The highest BCUT2D eigenvalue weighted by Crippen LogP contribution is 2.33. The fraction of sp³-hybridized carbons (Fsp3) is 0.152. The standard InChI is InChI=1S/C33H29N7O3S/c41-33(39-29-13-6-18-44-29)36-23-8-3-7-22(19-23)30-31(40-16-2-1-12-28(40)38-30)27-14-15-34-32(37-27)35-24-9-4-10-25(20-24)43-21-26-11-5-17-42-26/h1-4,6-10,12-16,18-20,26H,5,11,17,21H2,(H,34,35,37)(H2,36,39,41). The van der Waals surface area contributed by atoms with Gasteiger partial charge in [-0.05, 0) is 72.8 Å². The number of rotatable bonds is 9. The van der Waals surface area contributed by atoms with Crippen LogP contribution in [0.25, 0.3) is 28.3 Å². The van der Waals surface area contributed by atoms with Gasteiger partial charge in [-0.15, -0.1) is 11.3 Å². The molecule has 10 nitrogen and oxygen atoms in total. The number of hydrogen-bond donors (Lipinski definition) is 3. The van der Waals surface area contributed by atoms with Gasteiger partial charge in [-0.2, -0.15) is 0 Å². The molecule has 1 atom stereocenters. The number of nitrogens with zero attached hydrogens (tertiary/aromatic N) is 4. The Morgan fingerprint density at radius 3 is 2.80 bits per heavy atom. The molecule has 7 rings (SSSR count). The first-order valence-corrected chi connectivity index (χ1v) is 15.2. The lowest BCUT2D eigenvalue weighted by molar-refractivity contribution is 0.0680. The minimum absolute atomic E-state index is 0.145. The summed E-state index contributed by atoms with van der Waals surface area (Å²) in [6.45, 7) is 1.33. The molecule has 0 saturated carbocycles. The Kier molecular flexibility index (Phi) is 7.86. The van der Waals surface area contributed by atoms with E-state index in [1.807, 2.05) is 101 Å². The van der Waals surface area contributed by atoms with Crippen LogP contribution in [0.4, 0.5) is 27.1 Å². The zero-order valence-electron chi connectivity index (χ0n) is 23.6. The number of pyridine rings is 1. The Morgan fingerprint density at radius 2 is 1.91 bits per heavy atom. The average Bonchev–Trinajstić information content (AvgIpc) is 3.82. The Hall–Kier alpha value is -5.26. The van der Waals surface area contributed by atoms with E-state index in [2.05, 4.69) is 20.9 Å². The van der Waals surface area contributed by atoms with E-state index in [4.69, 9.17) is 19.4 Å². The molecule has 0 aliphatic carbocycles. The van der Waals surface area contributed by atoms with Crippen LogP contribution in [-0.2, 0) is 4.74 Å². The van der Waals surface area contributed by atoms with Crippen molar-refractivity contribution in [2.45, 2.75) is 18.9 Å². The number of nitrogens with one attached hydrogen (secondary N) is 3. The molecule has 11 heteroatoms. The highest BCUT2D eigenvalue weighted by atomic mass is 32.1. The number of benzene rings is 2. The van der Waals surface area contributed by atoms with Crippen LogP contribution >= 0.6 is 11.3 Å². The van der Waals surface area contributed by atoms with Crippen molar-refractivity contribution in [3.05, 3.63) is 103 Å². The largest absolute Gasteiger partial charge is 0.491 e. The molecule has 1 aliphatic heterocycles. The van der Waals surface area contributed by atoms with E-state index in [9.17, 15) is 4.79 Å². The smallest absolute Gasteiger partial charge is 0.324 e. The summed E-state index contributed by atoms with van der Waals surface area (Å²) >= 11 is 1.46. The van der Waals surface area contributed by atoms with E-state index >= 15 is 0 Å². The molecule has 44 heavy (non-hydrogen) atoms. The van der Waals surface area contributed by atoms with E-state index in [0.29, 0.717) is 23.9 Å². The van der Waals surface area contributed by atoms with Crippen molar-refractivity contribution in [1.29, 1.82) is 0 Å². The number of carbonyl (C=O) groups excluding carboxylic acids is 1. The number of aromatic nitrogens is 4. The predicted molar refractivity (Wildman–Crippen MR) is 173 cm³/mol. The summed E-state index contributed by atoms with van der Waals surface area (Å²) in [5.41, 5.74) is 5.29. The second-order valence-corrected chi connectivity index (χ2v) is 11.2. The molecule has 2 amide bonds. The van der Waals surface area contributed by atoms with E-state index in [-0.39, 0.29) is 12.1 Å². The first-order valence-electron chi connectivity index (χ1n) is 14.3. The maximum Gasteiger partial charge on any atom is 0.324 e. The molecule has 4 aromatic heterocycles. The third-order valence-electron chi connectivity index (χ3n) is 7.13. The van der Waals surface area contributed by atoms with Gasteiger partial charge in [-0.3, -0.25) is 9.72 Å². The Bertz CT molecular complexity index is 1900. The average molecular weight is 604 g/mol. The predicted octanol–water partition coefficient (Wildman–Crippen LogP) is 7.47. The molecule has 1 saturated heterocycles. The minimum atomic E-state index is -0.312. The molecule has 220 valence electrons. The maximum atomic E-state index is 12.6. The Labute approximate surface area is 257 Å². The fourth-order valence-electron chi connectivity index (χ4n) is 5.12. The Morgan fingerprint density at radius 1 is 0.977 bits per heavy atom. The van der Waals surface area contributed by atoms with Gasteiger partial charge in [0.1, 0.15) is 18.0 Å². The van der Waals surface area contributed by atoms with Crippen molar-refractivity contribution in [2.75, 3.05) is 29.2 Å². The number of amides is 2. The minimum Gasteiger partial charge on any atom is -0.491 e. The van der Waals surface area contributed by atoms with Crippen molar-refractivity contribution < 1.29 is 14.3 Å². The fourth-order valence-corrected chi connectivity index (χ4v) is 5.73. The summed E-state index contributed by atoms with van der Waals surface area (Å²) in [6.07, 6.45) is 5.93. The molecular formula is C33H29N7O3S. The van der Waals surface area contributed by atoms with Gasteiger partial charge in [0.05, 0.1) is 28.2 Å². The van der Waals surface area contributed by atoms with Crippen molar-refractivity contribution >= 4 is 45.3 Å². The van der Waals surface area contributed by atoms with Crippen LogP contribution in [0.3, 0.4) is 0 Å². The van der Waals surface area contributed by atoms with Gasteiger partial charge in [-0.25, -0.2) is 19.7 Å². The second kappa shape index (κ2) is 12.5. The molecule has 1 unspecified atom stereocenters. The van der Waals surface area contributed by atoms with Gasteiger partial charge in [0.25, 0.3) is 0 Å². The van der Waals surface area contributed by atoms with Gasteiger partial charge < -0.3 is 20.1 Å². The molecular weight excluding hydrogens is 574 g/mol. The SMILES string of the molecule is O=C(Nc1cccc(-c2nc3ccccn3c2-c2ccnc(Nc3cccc(OCC4CCCO4)c3)n2)c1)Nc1cccs1. The Balaban J connectivity index is 1.16. The molecule has 2 aromatic carbocycles. The quantitative estimate of drug-likeness (QED) is 0.157. The second-order valence-electron chi connectivity index (χ2n) is 10.2. The molecule has 0 spiro atoms. The molecule has 1 fully saturated rings. The number of thiophene rings is 1. The van der Waals surface area contributed by atoms with Crippen molar-refractivity contribution in [2.24, 2.45) is 0 Å². The number of ether oxygens (including phenoxy) is 2. The maximum absolute atomic E-state index is 12.6. The van der Waals surface area contributed by atoms with E-state index in [0.717, 1.165) is 58.5 Å². The molecule has 6 aromatic rings. The highest BCUT2D eigenvalue weighted by Gasteiger charge is 2.19. The molecule has 3 N–H and O–H groups in total. The van der Waals surface area contributed by atoms with Gasteiger partial charge in [0, 0.05) is 42.0 Å². The van der Waals surface area contributed by atoms with Crippen LogP contribution in [0.1, 0.15) is 12.8 Å². The van der Waals surface area contributed by atoms with E-state index in [1.54, 1.807) is 6.20 Å².